The summed E-state index contributed by atoms with van der Waals surface area (Å²) in [6.07, 6.45) is -0.997. The van der Waals surface area contributed by atoms with E-state index in [0.717, 1.165) is 10.5 Å². The molecule has 2 atom stereocenters. The van der Waals surface area contributed by atoms with Crippen LogP contribution in [0.1, 0.15) is 29.2 Å². The number of carbonyl (C=O) groups excluding carboxylic acids is 4. The maximum atomic E-state index is 13.8. The number of nitrogens with one attached hydrogen (secondary N) is 3. The molecule has 3 aromatic carbocycles. The number of carboxylic acid groups (broad SMARTS) is 1. The summed E-state index contributed by atoms with van der Waals surface area (Å²) < 4.78 is 5.05. The number of imide groups is 1. The topological polar surface area (TPSA) is 195 Å². The van der Waals surface area contributed by atoms with E-state index < -0.39 is 54.6 Å². The molecule has 0 spiro atoms. The quantitative estimate of drug-likeness (QED) is 0.118. The normalized spacial score (nSPS) is 16.8. The second-order valence-electron chi connectivity index (χ2n) is 10.2. The van der Waals surface area contributed by atoms with Gasteiger partial charge in [-0.2, -0.15) is 0 Å². The largest absolute Gasteiger partial charge is 0.480 e. The number of carboxylic acids is 1. The minimum absolute atomic E-state index is 0.0601. The van der Waals surface area contributed by atoms with Crippen molar-refractivity contribution in [3.05, 3.63) is 107 Å². The van der Waals surface area contributed by atoms with Gasteiger partial charge in [-0.3, -0.25) is 19.9 Å². The fourth-order valence-electron chi connectivity index (χ4n) is 4.71. The minimum Gasteiger partial charge on any atom is -0.480 e. The number of nitrogens with zero attached hydrogens (tertiary/aromatic N) is 2. The van der Waals surface area contributed by atoms with E-state index in [1.807, 2.05) is 6.07 Å². The van der Waals surface area contributed by atoms with Crippen LogP contribution in [0.5, 0.6) is 0 Å². The van der Waals surface area contributed by atoms with Crippen LogP contribution in [0, 0.1) is 5.41 Å². The number of benzene rings is 3. The van der Waals surface area contributed by atoms with Crippen LogP contribution in [-0.2, 0) is 37.8 Å². The van der Waals surface area contributed by atoms with E-state index in [4.69, 9.17) is 15.9 Å². The molecule has 0 bridgehead atoms. The second-order valence-corrected chi connectivity index (χ2v) is 10.2. The van der Waals surface area contributed by atoms with E-state index in [2.05, 4.69) is 10.6 Å². The lowest BCUT2D eigenvalue weighted by Gasteiger charge is -2.32. The first-order valence-corrected chi connectivity index (χ1v) is 13.6. The lowest BCUT2D eigenvalue weighted by Crippen LogP contribution is -2.50. The molecule has 0 saturated carbocycles. The van der Waals surface area contributed by atoms with Gasteiger partial charge < -0.3 is 31.1 Å². The van der Waals surface area contributed by atoms with Gasteiger partial charge in [-0.15, -0.1) is 0 Å². The van der Waals surface area contributed by atoms with Crippen LogP contribution in [0.3, 0.4) is 0 Å². The Labute approximate surface area is 253 Å². The molecule has 1 heterocycles. The molecule has 0 radical (unpaired) electrons. The second kappa shape index (κ2) is 13.5. The maximum absolute atomic E-state index is 13.8. The third-order valence-corrected chi connectivity index (χ3v) is 7.21. The van der Waals surface area contributed by atoms with E-state index in [9.17, 15) is 29.1 Å². The predicted molar refractivity (Wildman–Crippen MR) is 158 cm³/mol. The highest BCUT2D eigenvalue weighted by molar-refractivity contribution is 6.09. The molecule has 0 aromatic heterocycles. The first kappa shape index (κ1) is 31.2. The Bertz CT molecular complexity index is 1550. The minimum atomic E-state index is -1.54. The number of hydrogen-bond acceptors (Lipinski definition) is 7. The van der Waals surface area contributed by atoms with Crippen molar-refractivity contribution in [3.8, 4) is 0 Å². The molecule has 13 nitrogen and oxygen atoms in total. The number of amidine groups is 1. The van der Waals surface area contributed by atoms with Crippen LogP contribution in [0.25, 0.3) is 0 Å². The fourth-order valence-corrected chi connectivity index (χ4v) is 4.71. The van der Waals surface area contributed by atoms with Crippen LogP contribution < -0.4 is 16.4 Å². The Morgan fingerprint density at radius 3 is 2.11 bits per heavy atom. The average molecular weight is 601 g/mol. The average Bonchev–Trinajstić information content (AvgIpc) is 3.19. The molecule has 6 N–H and O–H groups in total. The lowest BCUT2D eigenvalue weighted by molar-refractivity contribution is -0.140. The number of nitrogens with two attached hydrogens (primary N) is 1. The van der Waals surface area contributed by atoms with Crippen LogP contribution in [-0.4, -0.2) is 69.8 Å². The molecule has 0 unspecified atom stereocenters. The number of carbonyl (C=O) groups is 5. The number of hydrogen-bond donors (Lipinski definition) is 5. The van der Waals surface area contributed by atoms with E-state index in [-0.39, 0.29) is 19.0 Å². The van der Waals surface area contributed by atoms with Crippen molar-refractivity contribution in [2.24, 2.45) is 5.73 Å². The molecule has 5 amide bonds. The van der Waals surface area contributed by atoms with Crippen molar-refractivity contribution in [3.63, 3.8) is 0 Å². The molecule has 1 aliphatic rings. The zero-order chi connectivity index (χ0) is 31.9. The number of urea groups is 1. The predicted octanol–water partition coefficient (Wildman–Crippen LogP) is 2.15. The highest BCUT2D eigenvalue weighted by Gasteiger charge is 2.55. The Morgan fingerprint density at radius 1 is 0.955 bits per heavy atom. The molecular weight excluding hydrogens is 568 g/mol. The van der Waals surface area contributed by atoms with Crippen LogP contribution in [0.15, 0.2) is 84.9 Å². The summed E-state index contributed by atoms with van der Waals surface area (Å²) in [4.78, 5) is 66.4. The van der Waals surface area contributed by atoms with Gasteiger partial charge in [-0.05, 0) is 23.6 Å². The van der Waals surface area contributed by atoms with Crippen molar-refractivity contribution in [2.45, 2.75) is 31.7 Å². The van der Waals surface area contributed by atoms with Gasteiger partial charge >= 0.3 is 18.1 Å². The van der Waals surface area contributed by atoms with E-state index >= 15 is 0 Å². The van der Waals surface area contributed by atoms with Crippen molar-refractivity contribution in [1.82, 2.24) is 20.4 Å². The van der Waals surface area contributed by atoms with Crippen molar-refractivity contribution in [1.29, 1.82) is 5.41 Å². The first-order chi connectivity index (χ1) is 21.0. The highest BCUT2D eigenvalue weighted by atomic mass is 16.5. The molecule has 13 heteroatoms. The summed E-state index contributed by atoms with van der Waals surface area (Å²) in [6, 6.07) is 21.9. The third-order valence-electron chi connectivity index (χ3n) is 7.21. The fraction of sp³-hybridized carbons (Fsp3) is 0.226. The summed E-state index contributed by atoms with van der Waals surface area (Å²) in [5.41, 5.74) is 6.40. The van der Waals surface area contributed by atoms with Gasteiger partial charge in [0.15, 0.2) is 0 Å². The molecule has 1 fully saturated rings. The third kappa shape index (κ3) is 7.01. The van der Waals surface area contributed by atoms with Crippen molar-refractivity contribution >= 4 is 35.7 Å². The number of aliphatic carboxylic acids is 1. The number of nitrogen functional groups attached to an aromatic ring is 1. The van der Waals surface area contributed by atoms with Gasteiger partial charge in [0, 0.05) is 18.7 Å². The van der Waals surface area contributed by atoms with E-state index in [1.54, 1.807) is 85.8 Å². The summed E-state index contributed by atoms with van der Waals surface area (Å²) in [5, 5.41) is 21.7. The first-order valence-electron chi connectivity index (χ1n) is 13.6. The summed E-state index contributed by atoms with van der Waals surface area (Å²) in [5.74, 6) is -3.06. The van der Waals surface area contributed by atoms with Gasteiger partial charge in [0.1, 0.15) is 30.6 Å². The van der Waals surface area contributed by atoms with Gasteiger partial charge in [-0.25, -0.2) is 14.4 Å². The zero-order valence-corrected chi connectivity index (χ0v) is 23.9. The number of alkyl carbamates (subject to hydrolysis) is 1. The lowest BCUT2D eigenvalue weighted by atomic mass is 9.89. The zero-order valence-electron chi connectivity index (χ0n) is 23.9. The Balaban J connectivity index is 1.45. The van der Waals surface area contributed by atoms with E-state index in [0.29, 0.717) is 16.7 Å². The number of ether oxygens (including phenoxy) is 1. The molecular formula is C31H32N6O7. The van der Waals surface area contributed by atoms with Gasteiger partial charge in [0.2, 0.25) is 5.91 Å². The molecule has 3 aromatic rings. The molecule has 4 rings (SSSR count). The molecule has 0 aliphatic carbocycles. The standard InChI is InChI=1S/C31H32N6O7/c1-31(23-14-12-22(13-15-23)26(32)33)28(41)36(30(43)37(31)17-20-8-4-2-5-9-20)18-25(38)34-16-24(27(39)40)35-29(42)44-19-21-10-6-3-7-11-21/h2-15,24H,16-19H2,1H3,(H3,32,33)(H,34,38)(H,35,42)(H,39,40)/t24-,31-/m0/s1. The summed E-state index contributed by atoms with van der Waals surface area (Å²) >= 11 is 0. The van der Waals surface area contributed by atoms with Gasteiger partial charge in [-0.1, -0.05) is 84.9 Å². The van der Waals surface area contributed by atoms with Gasteiger partial charge in [0.25, 0.3) is 5.91 Å². The molecule has 44 heavy (non-hydrogen) atoms. The molecule has 1 saturated heterocycles. The number of rotatable bonds is 12. The van der Waals surface area contributed by atoms with Crippen LogP contribution in [0.2, 0.25) is 0 Å². The van der Waals surface area contributed by atoms with Crippen molar-refractivity contribution in [2.75, 3.05) is 13.1 Å². The Morgan fingerprint density at radius 2 is 1.55 bits per heavy atom. The summed E-state index contributed by atoms with van der Waals surface area (Å²) in [6.45, 7) is 0.338. The SMILES string of the molecule is C[C@]1(c2ccc(C(=N)N)cc2)C(=O)N(CC(=O)NC[C@H](NC(=O)OCc2ccccc2)C(=O)O)C(=O)N1Cc1ccccc1. The monoisotopic (exact) mass is 600 g/mol. The van der Waals surface area contributed by atoms with E-state index in [1.165, 1.54) is 4.90 Å². The maximum Gasteiger partial charge on any atom is 0.408 e. The highest BCUT2D eigenvalue weighted by Crippen LogP contribution is 2.38. The Kier molecular flexibility index (Phi) is 9.58. The van der Waals surface area contributed by atoms with Crippen LogP contribution in [0.4, 0.5) is 9.59 Å². The Hall–Kier alpha value is -5.72. The van der Waals surface area contributed by atoms with Crippen LogP contribution >= 0.6 is 0 Å². The smallest absolute Gasteiger partial charge is 0.408 e. The van der Waals surface area contributed by atoms with Gasteiger partial charge in [0.05, 0.1) is 0 Å². The molecule has 1 aliphatic heterocycles. The molecule has 228 valence electrons. The number of amides is 5. The summed E-state index contributed by atoms with van der Waals surface area (Å²) in [7, 11) is 0. The van der Waals surface area contributed by atoms with Crippen molar-refractivity contribution < 1.29 is 33.8 Å².